The molecule has 0 spiro atoms. The van der Waals surface area contributed by atoms with Crippen LogP contribution in [0.5, 0.6) is 11.5 Å². The standard InChI is InChI=1S/C17H22ClNO3/c1-11(2)8-12(3)19-10-13(9-16(19)20)22-15-7-5-6-14(21-4)17(15)18/h5-7,9,11-12H,8,10H2,1-4H3/t12-/m0/s1. The second kappa shape index (κ2) is 7.05. The lowest BCUT2D eigenvalue weighted by molar-refractivity contribution is -0.126. The molecule has 5 heteroatoms. The van der Waals surface area contributed by atoms with E-state index < -0.39 is 0 Å². The van der Waals surface area contributed by atoms with Gasteiger partial charge in [-0.05, 0) is 31.4 Å². The maximum absolute atomic E-state index is 12.1. The molecule has 4 nitrogen and oxygen atoms in total. The summed E-state index contributed by atoms with van der Waals surface area (Å²) in [5, 5.41) is 0.409. The smallest absolute Gasteiger partial charge is 0.250 e. The summed E-state index contributed by atoms with van der Waals surface area (Å²) in [6.07, 6.45) is 2.50. The minimum absolute atomic E-state index is 0.0119. The molecule has 22 heavy (non-hydrogen) atoms. The van der Waals surface area contributed by atoms with Crippen LogP contribution in [0.3, 0.4) is 0 Å². The maximum Gasteiger partial charge on any atom is 0.250 e. The van der Waals surface area contributed by atoms with Gasteiger partial charge < -0.3 is 14.4 Å². The van der Waals surface area contributed by atoms with E-state index in [9.17, 15) is 4.79 Å². The third kappa shape index (κ3) is 3.74. The van der Waals surface area contributed by atoms with Gasteiger partial charge in [0.2, 0.25) is 0 Å². The average Bonchev–Trinajstić information content (AvgIpc) is 2.81. The van der Waals surface area contributed by atoms with E-state index in [0.29, 0.717) is 34.7 Å². The predicted molar refractivity (Wildman–Crippen MR) is 87.3 cm³/mol. The van der Waals surface area contributed by atoms with Gasteiger partial charge in [0.05, 0.1) is 13.7 Å². The number of amides is 1. The molecule has 0 bridgehead atoms. The van der Waals surface area contributed by atoms with Gasteiger partial charge in [-0.25, -0.2) is 0 Å². The van der Waals surface area contributed by atoms with E-state index in [1.807, 2.05) is 4.90 Å². The summed E-state index contributed by atoms with van der Waals surface area (Å²) in [4.78, 5) is 13.9. The molecule has 2 rings (SSSR count). The number of methoxy groups -OCH3 is 1. The first-order valence-corrected chi connectivity index (χ1v) is 7.81. The summed E-state index contributed by atoms with van der Waals surface area (Å²) >= 11 is 6.22. The van der Waals surface area contributed by atoms with Crippen molar-refractivity contribution in [2.75, 3.05) is 13.7 Å². The van der Waals surface area contributed by atoms with Gasteiger partial charge in [-0.15, -0.1) is 0 Å². The zero-order valence-electron chi connectivity index (χ0n) is 13.4. The number of carbonyl (C=O) groups is 1. The highest BCUT2D eigenvalue weighted by Gasteiger charge is 2.28. The monoisotopic (exact) mass is 323 g/mol. The highest BCUT2D eigenvalue weighted by Crippen LogP contribution is 2.35. The molecule has 1 aliphatic rings. The minimum atomic E-state index is -0.0119. The third-order valence-electron chi connectivity index (χ3n) is 3.63. The van der Waals surface area contributed by atoms with Gasteiger partial charge in [-0.1, -0.05) is 31.5 Å². The Morgan fingerprint density at radius 3 is 2.59 bits per heavy atom. The van der Waals surface area contributed by atoms with Crippen molar-refractivity contribution in [2.45, 2.75) is 33.2 Å². The maximum atomic E-state index is 12.1. The molecule has 120 valence electrons. The van der Waals surface area contributed by atoms with E-state index in [-0.39, 0.29) is 11.9 Å². The molecule has 1 aromatic rings. The van der Waals surface area contributed by atoms with Crippen molar-refractivity contribution in [1.29, 1.82) is 0 Å². The van der Waals surface area contributed by atoms with Crippen molar-refractivity contribution in [3.63, 3.8) is 0 Å². The van der Waals surface area contributed by atoms with Gasteiger partial charge in [-0.3, -0.25) is 4.79 Å². The highest BCUT2D eigenvalue weighted by molar-refractivity contribution is 6.33. The van der Waals surface area contributed by atoms with Gasteiger partial charge in [0.15, 0.2) is 0 Å². The Balaban J connectivity index is 2.07. The third-order valence-corrected chi connectivity index (χ3v) is 4.00. The first-order valence-electron chi connectivity index (χ1n) is 7.44. The summed E-state index contributed by atoms with van der Waals surface area (Å²) in [5.41, 5.74) is 0. The number of rotatable bonds is 6. The lowest BCUT2D eigenvalue weighted by Crippen LogP contribution is -2.36. The van der Waals surface area contributed by atoms with E-state index >= 15 is 0 Å². The number of carbonyl (C=O) groups excluding carboxylic acids is 1. The van der Waals surface area contributed by atoms with Crippen molar-refractivity contribution < 1.29 is 14.3 Å². The van der Waals surface area contributed by atoms with Gasteiger partial charge in [-0.2, -0.15) is 0 Å². The molecule has 1 heterocycles. The molecular weight excluding hydrogens is 302 g/mol. The van der Waals surface area contributed by atoms with Gasteiger partial charge >= 0.3 is 0 Å². The molecule has 0 unspecified atom stereocenters. The number of halogens is 1. The molecule has 0 saturated carbocycles. The molecule has 0 aromatic heterocycles. The lowest BCUT2D eigenvalue weighted by Gasteiger charge is -2.26. The van der Waals surface area contributed by atoms with E-state index in [0.717, 1.165) is 6.42 Å². The van der Waals surface area contributed by atoms with Gasteiger partial charge in [0.25, 0.3) is 5.91 Å². The number of hydrogen-bond acceptors (Lipinski definition) is 3. The topological polar surface area (TPSA) is 38.8 Å². The first-order chi connectivity index (χ1) is 10.4. The summed E-state index contributed by atoms with van der Waals surface area (Å²) < 4.78 is 11.0. The summed E-state index contributed by atoms with van der Waals surface area (Å²) in [5.74, 6) is 2.19. The normalized spacial score (nSPS) is 16.0. The van der Waals surface area contributed by atoms with Crippen LogP contribution in [0, 0.1) is 5.92 Å². The fourth-order valence-electron chi connectivity index (χ4n) is 2.62. The fraction of sp³-hybridized carbons (Fsp3) is 0.471. The van der Waals surface area contributed by atoms with Gasteiger partial charge in [0, 0.05) is 12.1 Å². The molecular formula is C17H22ClNO3. The molecule has 1 amide bonds. The Labute approximate surface area is 136 Å². The largest absolute Gasteiger partial charge is 0.495 e. The Hall–Kier alpha value is -1.68. The number of hydrogen-bond donors (Lipinski definition) is 0. The van der Waals surface area contributed by atoms with Crippen molar-refractivity contribution >= 4 is 17.5 Å². The Morgan fingerprint density at radius 2 is 1.95 bits per heavy atom. The molecule has 0 aliphatic carbocycles. The second-order valence-corrected chi connectivity index (χ2v) is 6.31. The Bertz CT molecular complexity index is 583. The molecule has 1 aliphatic heterocycles. The van der Waals surface area contributed by atoms with Crippen LogP contribution in [-0.4, -0.2) is 30.5 Å². The van der Waals surface area contributed by atoms with Crippen LogP contribution in [0.4, 0.5) is 0 Å². The molecule has 1 atom stereocenters. The number of nitrogens with zero attached hydrogens (tertiary/aromatic N) is 1. The Kier molecular flexibility index (Phi) is 5.35. The number of benzene rings is 1. The lowest BCUT2D eigenvalue weighted by atomic mass is 10.0. The van der Waals surface area contributed by atoms with Crippen molar-refractivity contribution in [2.24, 2.45) is 5.92 Å². The molecule has 1 aromatic carbocycles. The molecule has 0 N–H and O–H groups in total. The zero-order chi connectivity index (χ0) is 16.3. The van der Waals surface area contributed by atoms with E-state index in [4.69, 9.17) is 21.1 Å². The van der Waals surface area contributed by atoms with E-state index in [2.05, 4.69) is 20.8 Å². The van der Waals surface area contributed by atoms with Crippen molar-refractivity contribution in [1.82, 2.24) is 4.90 Å². The van der Waals surface area contributed by atoms with Crippen LogP contribution < -0.4 is 9.47 Å². The Morgan fingerprint density at radius 1 is 1.27 bits per heavy atom. The molecule has 0 fully saturated rings. The fourth-order valence-corrected chi connectivity index (χ4v) is 2.87. The number of ether oxygens (including phenoxy) is 2. The summed E-state index contributed by atoms with van der Waals surface area (Å²) in [7, 11) is 1.55. The summed E-state index contributed by atoms with van der Waals surface area (Å²) in [6, 6.07) is 5.51. The highest BCUT2D eigenvalue weighted by atomic mass is 35.5. The van der Waals surface area contributed by atoms with Crippen LogP contribution >= 0.6 is 11.6 Å². The van der Waals surface area contributed by atoms with E-state index in [1.165, 1.54) is 6.08 Å². The predicted octanol–water partition coefficient (Wildman–Crippen LogP) is 3.89. The van der Waals surface area contributed by atoms with Crippen LogP contribution in [0.1, 0.15) is 27.2 Å². The average molecular weight is 324 g/mol. The summed E-state index contributed by atoms with van der Waals surface area (Å²) in [6.45, 7) is 6.84. The minimum Gasteiger partial charge on any atom is -0.495 e. The van der Waals surface area contributed by atoms with Crippen LogP contribution in [-0.2, 0) is 4.79 Å². The second-order valence-electron chi connectivity index (χ2n) is 5.93. The van der Waals surface area contributed by atoms with Crippen LogP contribution in [0.2, 0.25) is 5.02 Å². The SMILES string of the molecule is COc1cccc(OC2=CC(=O)N([C@@H](C)CC(C)C)C2)c1Cl. The van der Waals surface area contributed by atoms with E-state index in [1.54, 1.807) is 25.3 Å². The quantitative estimate of drug-likeness (QED) is 0.797. The van der Waals surface area contributed by atoms with Crippen LogP contribution in [0.25, 0.3) is 0 Å². The van der Waals surface area contributed by atoms with Crippen LogP contribution in [0.15, 0.2) is 30.0 Å². The van der Waals surface area contributed by atoms with Gasteiger partial charge in [0.1, 0.15) is 22.3 Å². The zero-order valence-corrected chi connectivity index (χ0v) is 14.2. The van der Waals surface area contributed by atoms with Crippen molar-refractivity contribution in [3.8, 4) is 11.5 Å². The first kappa shape index (κ1) is 16.7. The molecule has 0 saturated heterocycles. The molecule has 0 radical (unpaired) electrons. The van der Waals surface area contributed by atoms with Crippen molar-refractivity contribution in [3.05, 3.63) is 35.1 Å².